The summed E-state index contributed by atoms with van der Waals surface area (Å²) in [5, 5.41) is 10.6. The maximum absolute atomic E-state index is 9.44. The van der Waals surface area contributed by atoms with Crippen LogP contribution in [0.5, 0.6) is 0 Å². The SMILES string of the molecule is CCCCCCCCCC[N+](C)(CCO)Cc1ccc(Cl)c(Cl)c1.[Cl-]. The summed E-state index contributed by atoms with van der Waals surface area (Å²) in [6, 6.07) is 5.85. The van der Waals surface area contributed by atoms with E-state index in [2.05, 4.69) is 14.0 Å². The summed E-state index contributed by atoms with van der Waals surface area (Å²) in [5.74, 6) is 0. The molecule has 0 amide bonds. The minimum Gasteiger partial charge on any atom is -1.00 e. The fourth-order valence-electron chi connectivity index (χ4n) is 3.22. The number of rotatable bonds is 13. The van der Waals surface area contributed by atoms with E-state index in [1.807, 2.05) is 18.2 Å². The molecule has 5 heteroatoms. The molecule has 0 aliphatic rings. The molecule has 0 heterocycles. The lowest BCUT2D eigenvalue weighted by Gasteiger charge is -2.34. The molecule has 0 radical (unpaired) electrons. The molecule has 0 saturated carbocycles. The zero-order valence-corrected chi connectivity index (χ0v) is 18.0. The molecule has 0 spiro atoms. The molecular weight excluding hydrogens is 377 g/mol. The van der Waals surface area contributed by atoms with Crippen molar-refractivity contribution in [3.63, 3.8) is 0 Å². The van der Waals surface area contributed by atoms with Crippen molar-refractivity contribution in [2.24, 2.45) is 0 Å². The number of aliphatic hydroxyl groups is 1. The van der Waals surface area contributed by atoms with Gasteiger partial charge in [0.25, 0.3) is 0 Å². The quantitative estimate of drug-likeness (QED) is 0.391. The van der Waals surface area contributed by atoms with Crippen molar-refractivity contribution in [2.45, 2.75) is 64.8 Å². The molecule has 146 valence electrons. The first-order valence-corrected chi connectivity index (χ1v) is 10.1. The van der Waals surface area contributed by atoms with Crippen molar-refractivity contribution in [1.29, 1.82) is 0 Å². The number of unbranched alkanes of at least 4 members (excludes halogenated alkanes) is 7. The normalized spacial score (nSPS) is 13.3. The lowest BCUT2D eigenvalue weighted by Crippen LogP contribution is -3.00. The van der Waals surface area contributed by atoms with Crippen LogP contribution in [0.4, 0.5) is 0 Å². The number of hydrogen-bond acceptors (Lipinski definition) is 1. The number of benzene rings is 1. The predicted molar refractivity (Wildman–Crippen MR) is 106 cm³/mol. The molecule has 0 bridgehead atoms. The molecule has 1 aromatic carbocycles. The molecule has 0 saturated heterocycles. The van der Waals surface area contributed by atoms with Gasteiger partial charge in [-0.15, -0.1) is 0 Å². The van der Waals surface area contributed by atoms with Gasteiger partial charge in [-0.3, -0.25) is 0 Å². The monoisotopic (exact) mass is 409 g/mol. The lowest BCUT2D eigenvalue weighted by molar-refractivity contribution is -0.923. The van der Waals surface area contributed by atoms with Gasteiger partial charge in [-0.25, -0.2) is 0 Å². The minimum absolute atomic E-state index is 0. The van der Waals surface area contributed by atoms with Crippen LogP contribution in [0.3, 0.4) is 0 Å². The summed E-state index contributed by atoms with van der Waals surface area (Å²) in [5.41, 5.74) is 1.18. The number of likely N-dealkylation sites (N-methyl/N-ethyl adjacent to an activating group) is 1. The molecule has 1 rings (SSSR count). The highest BCUT2D eigenvalue weighted by atomic mass is 35.5. The molecule has 2 nitrogen and oxygen atoms in total. The van der Waals surface area contributed by atoms with Crippen LogP contribution in [-0.2, 0) is 6.54 Å². The third kappa shape index (κ3) is 10.7. The summed E-state index contributed by atoms with van der Waals surface area (Å²) in [4.78, 5) is 0. The summed E-state index contributed by atoms with van der Waals surface area (Å²) < 4.78 is 0.851. The predicted octanol–water partition coefficient (Wildman–Crippen LogP) is 3.08. The van der Waals surface area contributed by atoms with Crippen molar-refractivity contribution in [2.75, 3.05) is 26.7 Å². The van der Waals surface area contributed by atoms with Gasteiger partial charge in [-0.2, -0.15) is 0 Å². The number of hydrogen-bond donors (Lipinski definition) is 1. The van der Waals surface area contributed by atoms with Crippen LogP contribution >= 0.6 is 23.2 Å². The first-order valence-electron chi connectivity index (χ1n) is 9.39. The van der Waals surface area contributed by atoms with Crippen molar-refractivity contribution < 1.29 is 22.0 Å². The Hall–Kier alpha value is 0.01000. The third-order valence-electron chi connectivity index (χ3n) is 4.74. The van der Waals surface area contributed by atoms with E-state index in [0.717, 1.165) is 24.1 Å². The summed E-state index contributed by atoms with van der Waals surface area (Å²) in [6.45, 7) is 5.23. The lowest BCUT2D eigenvalue weighted by atomic mass is 10.1. The minimum atomic E-state index is 0. The molecule has 25 heavy (non-hydrogen) atoms. The van der Waals surface area contributed by atoms with Crippen LogP contribution in [0.25, 0.3) is 0 Å². The Morgan fingerprint density at radius 1 is 0.880 bits per heavy atom. The zero-order valence-electron chi connectivity index (χ0n) is 15.7. The van der Waals surface area contributed by atoms with Gasteiger partial charge in [-0.1, -0.05) is 74.7 Å². The highest BCUT2D eigenvalue weighted by Gasteiger charge is 2.21. The second kappa shape index (κ2) is 14.1. The Morgan fingerprint density at radius 3 is 2.04 bits per heavy atom. The zero-order chi connectivity index (χ0) is 17.8. The van der Waals surface area contributed by atoms with Crippen LogP contribution in [-0.4, -0.2) is 36.3 Å². The van der Waals surface area contributed by atoms with E-state index in [9.17, 15) is 5.11 Å². The summed E-state index contributed by atoms with van der Waals surface area (Å²) >= 11 is 12.1. The highest BCUT2D eigenvalue weighted by Crippen LogP contribution is 2.24. The van der Waals surface area contributed by atoms with E-state index < -0.39 is 0 Å². The number of halogens is 3. The largest absolute Gasteiger partial charge is 1.00 e. The standard InChI is InChI=1S/C20H34Cl2NO.ClH/c1-3-4-5-6-7-8-9-10-13-23(2,14-15-24)17-18-11-12-19(21)20(22)16-18;/h11-12,16,24H,3-10,13-15,17H2,1-2H3;1H/q+1;/p-1. The Kier molecular flexibility index (Phi) is 14.1. The molecule has 0 aliphatic carbocycles. The van der Waals surface area contributed by atoms with Gasteiger partial charge >= 0.3 is 0 Å². The Morgan fingerprint density at radius 2 is 1.48 bits per heavy atom. The first-order chi connectivity index (χ1) is 11.5. The third-order valence-corrected chi connectivity index (χ3v) is 5.48. The highest BCUT2D eigenvalue weighted by molar-refractivity contribution is 6.42. The molecule has 0 aromatic heterocycles. The summed E-state index contributed by atoms with van der Waals surface area (Å²) in [6.07, 6.45) is 10.6. The van der Waals surface area contributed by atoms with E-state index in [-0.39, 0.29) is 19.0 Å². The van der Waals surface area contributed by atoms with Crippen LogP contribution in [0.1, 0.15) is 63.9 Å². The molecule has 1 N–H and O–H groups in total. The molecule has 0 aliphatic heterocycles. The maximum atomic E-state index is 9.44. The van der Waals surface area contributed by atoms with Gasteiger partial charge in [-0.05, 0) is 25.0 Å². The maximum Gasteiger partial charge on any atom is 0.104 e. The molecule has 1 atom stereocenters. The topological polar surface area (TPSA) is 20.2 Å². The van der Waals surface area contributed by atoms with E-state index >= 15 is 0 Å². The van der Waals surface area contributed by atoms with E-state index in [0.29, 0.717) is 10.0 Å². The van der Waals surface area contributed by atoms with Crippen LogP contribution in [0.2, 0.25) is 10.0 Å². The van der Waals surface area contributed by atoms with Crippen LogP contribution < -0.4 is 12.4 Å². The molecule has 1 aromatic rings. The van der Waals surface area contributed by atoms with Crippen molar-refractivity contribution in [3.8, 4) is 0 Å². The van der Waals surface area contributed by atoms with Gasteiger partial charge in [0.05, 0.1) is 30.2 Å². The van der Waals surface area contributed by atoms with Crippen molar-refractivity contribution in [3.05, 3.63) is 33.8 Å². The number of aliphatic hydroxyl groups excluding tert-OH is 1. The van der Waals surface area contributed by atoms with E-state index in [4.69, 9.17) is 23.2 Å². The average Bonchev–Trinajstić information content (AvgIpc) is 2.54. The number of nitrogens with zero attached hydrogens (tertiary/aromatic N) is 1. The molecular formula is C20H34Cl3NO. The van der Waals surface area contributed by atoms with Gasteiger partial charge in [0.15, 0.2) is 0 Å². The fraction of sp³-hybridized carbons (Fsp3) is 0.700. The van der Waals surface area contributed by atoms with Gasteiger partial charge < -0.3 is 22.0 Å². The molecule has 1 unspecified atom stereocenters. The van der Waals surface area contributed by atoms with Gasteiger partial charge in [0.1, 0.15) is 13.1 Å². The second-order valence-electron chi connectivity index (χ2n) is 7.17. The van der Waals surface area contributed by atoms with Gasteiger partial charge in [0, 0.05) is 5.56 Å². The Labute approximate surface area is 170 Å². The van der Waals surface area contributed by atoms with E-state index in [1.54, 1.807) is 0 Å². The van der Waals surface area contributed by atoms with Crippen molar-refractivity contribution in [1.82, 2.24) is 0 Å². The van der Waals surface area contributed by atoms with E-state index in [1.165, 1.54) is 56.9 Å². The average molecular weight is 411 g/mol. The Balaban J connectivity index is 0.00000576. The Bertz CT molecular complexity index is 470. The smallest absolute Gasteiger partial charge is 0.104 e. The summed E-state index contributed by atoms with van der Waals surface area (Å²) in [7, 11) is 2.22. The van der Waals surface area contributed by atoms with Crippen LogP contribution in [0, 0.1) is 0 Å². The van der Waals surface area contributed by atoms with Crippen LogP contribution in [0.15, 0.2) is 18.2 Å². The van der Waals surface area contributed by atoms with Crippen molar-refractivity contribution >= 4 is 23.2 Å². The van der Waals surface area contributed by atoms with Gasteiger partial charge in [0.2, 0.25) is 0 Å². The fourth-order valence-corrected chi connectivity index (χ4v) is 3.54. The number of quaternary nitrogens is 1. The molecule has 0 fully saturated rings. The first kappa shape index (κ1) is 25.0. The second-order valence-corrected chi connectivity index (χ2v) is 7.99.